The highest BCUT2D eigenvalue weighted by Crippen LogP contribution is 2.60. The molecule has 10 heteroatoms. The van der Waals surface area contributed by atoms with Crippen molar-refractivity contribution in [3.8, 4) is 11.5 Å². The summed E-state index contributed by atoms with van der Waals surface area (Å²) >= 11 is 7.43. The van der Waals surface area contributed by atoms with Crippen LogP contribution in [0, 0.1) is 36.5 Å². The molecule has 4 aliphatic rings. The number of rotatable bonds is 5. The standard InChI is InChI=1S/C28H26Br2N2O6/c1-13-9-15(38-28(36)14-10-21(33)31(12-14)19-5-3-4-6-20(19)37-2)7-8-18(13)32-26(34)22-16-11-17(23(22)27(32)35)25(30)24(16)29/h3-9,14,16-17,22-25H,10-12H2,1-2H3/t14-,16-,17-,22-,23+,24+,25+/m1/s1. The number of fused-ring (bicyclic) bond motifs is 5. The van der Waals surface area contributed by atoms with Crippen molar-refractivity contribution in [1.29, 1.82) is 0 Å². The van der Waals surface area contributed by atoms with Crippen LogP contribution in [0.5, 0.6) is 11.5 Å². The van der Waals surface area contributed by atoms with Gasteiger partial charge in [-0.15, -0.1) is 0 Å². The van der Waals surface area contributed by atoms with Gasteiger partial charge in [0.15, 0.2) is 0 Å². The minimum Gasteiger partial charge on any atom is -0.495 e. The Morgan fingerprint density at radius 2 is 1.61 bits per heavy atom. The van der Waals surface area contributed by atoms with E-state index in [-0.39, 0.29) is 64.0 Å². The normalized spacial score (nSPS) is 31.8. The number of aryl methyl sites for hydroxylation is 1. The number of para-hydroxylation sites is 2. The number of methoxy groups -OCH3 is 1. The Hall–Kier alpha value is -2.72. The summed E-state index contributed by atoms with van der Waals surface area (Å²) in [5.74, 6) is -1.06. The molecule has 2 saturated heterocycles. The van der Waals surface area contributed by atoms with Crippen LogP contribution in [0.4, 0.5) is 11.4 Å². The second kappa shape index (κ2) is 9.48. The summed E-state index contributed by atoms with van der Waals surface area (Å²) in [6.45, 7) is 1.99. The Balaban J connectivity index is 1.16. The van der Waals surface area contributed by atoms with Gasteiger partial charge in [-0.2, -0.15) is 0 Å². The fraction of sp³-hybridized carbons (Fsp3) is 0.429. The van der Waals surface area contributed by atoms with Crippen LogP contribution in [-0.2, 0) is 19.2 Å². The second-order valence-corrected chi connectivity index (χ2v) is 12.6. The maximum atomic E-state index is 13.4. The number of hydrogen-bond acceptors (Lipinski definition) is 6. The van der Waals surface area contributed by atoms with Crippen molar-refractivity contribution in [2.45, 2.75) is 29.4 Å². The number of anilines is 2. The van der Waals surface area contributed by atoms with E-state index in [0.717, 1.165) is 6.42 Å². The van der Waals surface area contributed by atoms with E-state index in [9.17, 15) is 19.2 Å². The third-order valence-corrected chi connectivity index (χ3v) is 11.7. The van der Waals surface area contributed by atoms with E-state index in [2.05, 4.69) is 31.9 Å². The van der Waals surface area contributed by atoms with Crippen molar-refractivity contribution in [2.75, 3.05) is 23.5 Å². The highest BCUT2D eigenvalue weighted by atomic mass is 79.9. The third kappa shape index (κ3) is 3.82. The molecule has 0 unspecified atom stereocenters. The van der Waals surface area contributed by atoms with Crippen LogP contribution in [0.25, 0.3) is 0 Å². The van der Waals surface area contributed by atoms with Gasteiger partial charge in [0, 0.05) is 22.6 Å². The largest absolute Gasteiger partial charge is 0.495 e. The van der Waals surface area contributed by atoms with Crippen molar-refractivity contribution in [3.63, 3.8) is 0 Å². The van der Waals surface area contributed by atoms with E-state index >= 15 is 0 Å². The number of carbonyl (C=O) groups is 4. The molecule has 0 N–H and O–H groups in total. The van der Waals surface area contributed by atoms with E-state index in [1.165, 1.54) is 12.0 Å². The fourth-order valence-electron chi connectivity index (χ4n) is 6.68. The summed E-state index contributed by atoms with van der Waals surface area (Å²) in [6, 6.07) is 12.1. The van der Waals surface area contributed by atoms with Crippen LogP contribution in [0.2, 0.25) is 0 Å². The van der Waals surface area contributed by atoms with Crippen molar-refractivity contribution in [3.05, 3.63) is 48.0 Å². The predicted octanol–water partition coefficient (Wildman–Crippen LogP) is 4.24. The molecule has 7 atom stereocenters. The van der Waals surface area contributed by atoms with Gasteiger partial charge in [-0.25, -0.2) is 4.90 Å². The zero-order valence-corrected chi connectivity index (χ0v) is 24.0. The maximum absolute atomic E-state index is 13.4. The molecule has 0 spiro atoms. The molecule has 3 amide bonds. The van der Waals surface area contributed by atoms with Gasteiger partial charge in [-0.05, 0) is 61.1 Å². The summed E-state index contributed by atoms with van der Waals surface area (Å²) in [5, 5.41) is 0. The van der Waals surface area contributed by atoms with Gasteiger partial charge in [0.05, 0.1) is 36.2 Å². The Morgan fingerprint density at radius 3 is 2.24 bits per heavy atom. The number of esters is 1. The Morgan fingerprint density at radius 1 is 0.947 bits per heavy atom. The molecule has 2 aromatic rings. The Labute approximate surface area is 236 Å². The number of amides is 3. The quantitative estimate of drug-likeness (QED) is 0.209. The van der Waals surface area contributed by atoms with Crippen LogP contribution in [-0.4, -0.2) is 47.0 Å². The highest BCUT2D eigenvalue weighted by Gasteiger charge is 2.66. The molecule has 4 fully saturated rings. The summed E-state index contributed by atoms with van der Waals surface area (Å²) in [4.78, 5) is 55.6. The van der Waals surface area contributed by atoms with Gasteiger partial charge in [0.2, 0.25) is 17.7 Å². The number of nitrogens with zero attached hydrogens (tertiary/aromatic N) is 2. The van der Waals surface area contributed by atoms with Gasteiger partial charge in [-0.3, -0.25) is 19.2 Å². The summed E-state index contributed by atoms with van der Waals surface area (Å²) in [6.07, 6.45) is 0.914. The Bertz CT molecular complexity index is 1330. The van der Waals surface area contributed by atoms with Crippen molar-refractivity contribution >= 4 is 66.9 Å². The van der Waals surface area contributed by atoms with Crippen LogP contribution in [0.1, 0.15) is 18.4 Å². The molecule has 0 radical (unpaired) electrons. The number of benzene rings is 2. The van der Waals surface area contributed by atoms with E-state index < -0.39 is 11.9 Å². The average molecular weight is 646 g/mol. The maximum Gasteiger partial charge on any atom is 0.316 e. The van der Waals surface area contributed by atoms with E-state index in [1.54, 1.807) is 42.2 Å². The van der Waals surface area contributed by atoms with Gasteiger partial charge >= 0.3 is 5.97 Å². The topological polar surface area (TPSA) is 93.2 Å². The smallest absolute Gasteiger partial charge is 0.316 e. The number of ether oxygens (including phenoxy) is 2. The molecule has 2 aliphatic heterocycles. The van der Waals surface area contributed by atoms with Gasteiger partial charge < -0.3 is 14.4 Å². The number of carbonyl (C=O) groups excluding carboxylic acids is 4. The lowest BCUT2D eigenvalue weighted by Crippen LogP contribution is -2.37. The van der Waals surface area contributed by atoms with Gasteiger partial charge in [0.25, 0.3) is 0 Å². The zero-order valence-electron chi connectivity index (χ0n) is 20.8. The van der Waals surface area contributed by atoms with E-state index in [0.29, 0.717) is 28.4 Å². The van der Waals surface area contributed by atoms with Crippen LogP contribution in [0.15, 0.2) is 42.5 Å². The zero-order chi connectivity index (χ0) is 26.9. The van der Waals surface area contributed by atoms with Crippen LogP contribution in [0.3, 0.4) is 0 Å². The molecule has 2 aromatic carbocycles. The van der Waals surface area contributed by atoms with Crippen LogP contribution < -0.4 is 19.3 Å². The lowest BCUT2D eigenvalue weighted by atomic mass is 9.81. The Kier molecular flexibility index (Phi) is 6.38. The minimum atomic E-state index is -0.627. The molecule has 2 bridgehead atoms. The first-order chi connectivity index (χ1) is 18.2. The fourth-order valence-corrected chi connectivity index (χ4v) is 8.55. The summed E-state index contributed by atoms with van der Waals surface area (Å²) in [7, 11) is 1.54. The second-order valence-electron chi connectivity index (χ2n) is 10.5. The average Bonchev–Trinajstić information content (AvgIpc) is 3.62. The van der Waals surface area contributed by atoms with E-state index in [4.69, 9.17) is 9.47 Å². The lowest BCUT2D eigenvalue weighted by Gasteiger charge is -2.28. The molecule has 2 aliphatic carbocycles. The minimum absolute atomic E-state index is 0.0406. The molecule has 2 saturated carbocycles. The molecule has 0 aromatic heterocycles. The molecule has 2 heterocycles. The number of hydrogen-bond donors (Lipinski definition) is 0. The molecular weight excluding hydrogens is 620 g/mol. The van der Waals surface area contributed by atoms with Gasteiger partial charge in [0.1, 0.15) is 11.5 Å². The molecule has 198 valence electrons. The van der Waals surface area contributed by atoms with Crippen molar-refractivity contribution in [2.24, 2.45) is 29.6 Å². The molecular formula is C28H26Br2N2O6. The molecule has 38 heavy (non-hydrogen) atoms. The summed E-state index contributed by atoms with van der Waals surface area (Å²) in [5.41, 5.74) is 1.79. The van der Waals surface area contributed by atoms with Crippen molar-refractivity contribution in [1.82, 2.24) is 0 Å². The number of halogens is 2. The number of alkyl halides is 2. The summed E-state index contributed by atoms with van der Waals surface area (Å²) < 4.78 is 11.0. The van der Waals surface area contributed by atoms with E-state index in [1.807, 2.05) is 12.1 Å². The SMILES string of the molecule is COc1ccccc1N1C[C@H](C(=O)Oc2ccc(N3C(=O)[C@@H]4[C@H]5C[C@@H]([C@H](Br)[C@H]5Br)[C@@H]4C3=O)c(C)c2)CC1=O. The predicted molar refractivity (Wildman–Crippen MR) is 147 cm³/mol. The molecule has 6 rings (SSSR count). The number of imide groups is 1. The first-order valence-corrected chi connectivity index (χ1v) is 14.5. The monoisotopic (exact) mass is 644 g/mol. The highest BCUT2D eigenvalue weighted by molar-refractivity contribution is 9.12. The first kappa shape index (κ1) is 25.6. The van der Waals surface area contributed by atoms with Gasteiger partial charge in [-0.1, -0.05) is 44.0 Å². The van der Waals surface area contributed by atoms with Crippen molar-refractivity contribution < 1.29 is 28.7 Å². The van der Waals surface area contributed by atoms with Crippen LogP contribution >= 0.6 is 31.9 Å². The first-order valence-electron chi connectivity index (χ1n) is 12.6. The lowest BCUT2D eigenvalue weighted by molar-refractivity contribution is -0.139. The molecule has 8 nitrogen and oxygen atoms in total. The third-order valence-electron chi connectivity index (χ3n) is 8.45.